The number of fused-ring (bicyclic) bond motifs is 1. The SMILES string of the molecule is CCNC(=NCc1cc2c(cc1OCC)CC(C)O2)N1CCOC(C2CCCO2)C1. The highest BCUT2D eigenvalue weighted by atomic mass is 16.5. The second-order valence-corrected chi connectivity index (χ2v) is 8.21. The molecule has 0 saturated carbocycles. The average molecular weight is 418 g/mol. The first-order valence-corrected chi connectivity index (χ1v) is 11.4. The minimum absolute atomic E-state index is 0.110. The summed E-state index contributed by atoms with van der Waals surface area (Å²) in [5.74, 6) is 2.79. The van der Waals surface area contributed by atoms with Crippen molar-refractivity contribution in [2.45, 2.75) is 64.9 Å². The van der Waals surface area contributed by atoms with E-state index in [0.29, 0.717) is 19.8 Å². The van der Waals surface area contributed by atoms with Gasteiger partial charge in [-0.2, -0.15) is 0 Å². The van der Waals surface area contributed by atoms with E-state index in [1.807, 2.05) is 6.92 Å². The highest BCUT2D eigenvalue weighted by Crippen LogP contribution is 2.35. The number of aliphatic imine (C=N–C) groups is 1. The summed E-state index contributed by atoms with van der Waals surface area (Å²) in [6, 6.07) is 4.23. The first-order valence-electron chi connectivity index (χ1n) is 11.4. The van der Waals surface area contributed by atoms with Crippen molar-refractivity contribution in [1.82, 2.24) is 10.2 Å². The minimum Gasteiger partial charge on any atom is -0.494 e. The maximum atomic E-state index is 6.01. The summed E-state index contributed by atoms with van der Waals surface area (Å²) in [6.45, 7) is 11.4. The summed E-state index contributed by atoms with van der Waals surface area (Å²) in [5, 5.41) is 3.45. The minimum atomic E-state index is 0.110. The third-order valence-corrected chi connectivity index (χ3v) is 5.89. The molecule has 4 rings (SSSR count). The molecular formula is C23H35N3O4. The standard InChI is InChI=1S/C23H35N3O4/c1-4-24-23(26-8-10-29-22(15-26)19-7-6-9-28-19)25-14-18-13-21-17(11-16(3)30-21)12-20(18)27-5-2/h12-13,16,19,22H,4-11,14-15H2,1-3H3,(H,24,25). The van der Waals surface area contributed by atoms with E-state index in [1.165, 1.54) is 5.56 Å². The highest BCUT2D eigenvalue weighted by molar-refractivity contribution is 5.80. The Bertz CT molecular complexity index is 748. The molecular weight excluding hydrogens is 382 g/mol. The van der Waals surface area contributed by atoms with Crippen LogP contribution in [0.25, 0.3) is 0 Å². The number of ether oxygens (including phenoxy) is 4. The summed E-state index contributed by atoms with van der Waals surface area (Å²) < 4.78 is 23.8. The zero-order chi connectivity index (χ0) is 20.9. The van der Waals surface area contributed by atoms with E-state index in [2.05, 4.69) is 36.2 Å². The number of rotatable bonds is 6. The molecule has 1 N–H and O–H groups in total. The lowest BCUT2D eigenvalue weighted by atomic mass is 10.1. The summed E-state index contributed by atoms with van der Waals surface area (Å²) in [7, 11) is 0. The van der Waals surface area contributed by atoms with Crippen LogP contribution in [0.3, 0.4) is 0 Å². The largest absolute Gasteiger partial charge is 0.494 e. The van der Waals surface area contributed by atoms with Gasteiger partial charge in [0.25, 0.3) is 0 Å². The molecule has 1 aromatic rings. The first-order chi connectivity index (χ1) is 14.7. The van der Waals surface area contributed by atoms with Crippen LogP contribution in [0, 0.1) is 0 Å². The van der Waals surface area contributed by atoms with Gasteiger partial charge >= 0.3 is 0 Å². The number of hydrogen-bond acceptors (Lipinski definition) is 5. The molecule has 7 nitrogen and oxygen atoms in total. The number of nitrogens with zero attached hydrogens (tertiary/aromatic N) is 2. The Morgan fingerprint density at radius 2 is 2.10 bits per heavy atom. The molecule has 2 fully saturated rings. The van der Waals surface area contributed by atoms with Crippen molar-refractivity contribution in [3.05, 3.63) is 23.3 Å². The van der Waals surface area contributed by atoms with Crippen molar-refractivity contribution >= 4 is 5.96 Å². The van der Waals surface area contributed by atoms with Crippen LogP contribution in [0.15, 0.2) is 17.1 Å². The van der Waals surface area contributed by atoms with Crippen LogP contribution in [0.5, 0.6) is 11.5 Å². The Morgan fingerprint density at radius 3 is 2.87 bits per heavy atom. The number of nitrogens with one attached hydrogen (secondary N) is 1. The molecule has 0 radical (unpaired) electrons. The van der Waals surface area contributed by atoms with Crippen molar-refractivity contribution in [1.29, 1.82) is 0 Å². The molecule has 3 atom stereocenters. The van der Waals surface area contributed by atoms with Gasteiger partial charge in [-0.1, -0.05) is 0 Å². The zero-order valence-corrected chi connectivity index (χ0v) is 18.5. The molecule has 3 heterocycles. The highest BCUT2D eigenvalue weighted by Gasteiger charge is 2.32. The topological polar surface area (TPSA) is 64.6 Å². The fraction of sp³-hybridized carbons (Fsp3) is 0.696. The second kappa shape index (κ2) is 9.88. The predicted molar refractivity (Wildman–Crippen MR) is 117 cm³/mol. The summed E-state index contributed by atoms with van der Waals surface area (Å²) in [6.07, 6.45) is 3.67. The predicted octanol–water partition coefficient (Wildman–Crippen LogP) is 2.75. The van der Waals surface area contributed by atoms with E-state index in [1.54, 1.807) is 0 Å². The molecule has 2 saturated heterocycles. The number of benzene rings is 1. The van der Waals surface area contributed by atoms with Gasteiger partial charge < -0.3 is 29.2 Å². The number of guanidine groups is 1. The van der Waals surface area contributed by atoms with Gasteiger partial charge in [0, 0.05) is 43.8 Å². The summed E-state index contributed by atoms with van der Waals surface area (Å²) >= 11 is 0. The van der Waals surface area contributed by atoms with Crippen LogP contribution < -0.4 is 14.8 Å². The van der Waals surface area contributed by atoms with Gasteiger partial charge in [-0.3, -0.25) is 0 Å². The Morgan fingerprint density at radius 1 is 1.23 bits per heavy atom. The van der Waals surface area contributed by atoms with Crippen LogP contribution in [0.4, 0.5) is 0 Å². The van der Waals surface area contributed by atoms with Crippen LogP contribution in [-0.4, -0.2) is 68.6 Å². The first kappa shape index (κ1) is 21.2. The van der Waals surface area contributed by atoms with Crippen molar-refractivity contribution < 1.29 is 18.9 Å². The fourth-order valence-electron chi connectivity index (χ4n) is 4.47. The molecule has 30 heavy (non-hydrogen) atoms. The van der Waals surface area contributed by atoms with Gasteiger partial charge in [-0.15, -0.1) is 0 Å². The Labute approximate surface area is 179 Å². The van der Waals surface area contributed by atoms with E-state index in [-0.39, 0.29) is 18.3 Å². The van der Waals surface area contributed by atoms with E-state index in [9.17, 15) is 0 Å². The lowest BCUT2D eigenvalue weighted by molar-refractivity contribution is -0.0817. The number of morpholine rings is 1. The third kappa shape index (κ3) is 4.83. The monoisotopic (exact) mass is 417 g/mol. The fourth-order valence-corrected chi connectivity index (χ4v) is 4.47. The van der Waals surface area contributed by atoms with Crippen LogP contribution >= 0.6 is 0 Å². The number of hydrogen-bond donors (Lipinski definition) is 1. The average Bonchev–Trinajstić information content (AvgIpc) is 3.40. The van der Waals surface area contributed by atoms with Crippen molar-refractivity contribution in [2.75, 3.05) is 39.5 Å². The maximum absolute atomic E-state index is 6.01. The molecule has 0 spiro atoms. The quantitative estimate of drug-likeness (QED) is 0.567. The van der Waals surface area contributed by atoms with Crippen LogP contribution in [0.2, 0.25) is 0 Å². The second-order valence-electron chi connectivity index (χ2n) is 8.21. The Balaban J connectivity index is 1.50. The van der Waals surface area contributed by atoms with Crippen molar-refractivity contribution in [2.24, 2.45) is 4.99 Å². The lowest BCUT2D eigenvalue weighted by Gasteiger charge is -2.37. The van der Waals surface area contributed by atoms with E-state index < -0.39 is 0 Å². The van der Waals surface area contributed by atoms with Gasteiger partial charge in [-0.05, 0) is 45.7 Å². The van der Waals surface area contributed by atoms with Gasteiger partial charge in [0.15, 0.2) is 5.96 Å². The molecule has 0 bridgehead atoms. The molecule has 0 aromatic heterocycles. The molecule has 3 aliphatic rings. The molecule has 0 amide bonds. The van der Waals surface area contributed by atoms with Crippen molar-refractivity contribution in [3.8, 4) is 11.5 Å². The van der Waals surface area contributed by atoms with Crippen molar-refractivity contribution in [3.63, 3.8) is 0 Å². The van der Waals surface area contributed by atoms with E-state index in [4.69, 9.17) is 23.9 Å². The van der Waals surface area contributed by atoms with Gasteiger partial charge in [-0.25, -0.2) is 4.99 Å². The lowest BCUT2D eigenvalue weighted by Crippen LogP contribution is -2.53. The molecule has 3 unspecified atom stereocenters. The summed E-state index contributed by atoms with van der Waals surface area (Å²) in [5.41, 5.74) is 2.28. The van der Waals surface area contributed by atoms with Crippen LogP contribution in [-0.2, 0) is 22.4 Å². The molecule has 3 aliphatic heterocycles. The third-order valence-electron chi connectivity index (χ3n) is 5.89. The van der Waals surface area contributed by atoms with Gasteiger partial charge in [0.05, 0.1) is 25.9 Å². The normalized spacial score (nSPS) is 26.4. The molecule has 7 heteroatoms. The van der Waals surface area contributed by atoms with E-state index >= 15 is 0 Å². The summed E-state index contributed by atoms with van der Waals surface area (Å²) in [4.78, 5) is 7.25. The maximum Gasteiger partial charge on any atom is 0.194 e. The Hall–Kier alpha value is -1.99. The smallest absolute Gasteiger partial charge is 0.194 e. The molecule has 166 valence electrons. The van der Waals surface area contributed by atoms with Crippen LogP contribution in [0.1, 0.15) is 44.7 Å². The van der Waals surface area contributed by atoms with E-state index in [0.717, 1.165) is 68.5 Å². The van der Waals surface area contributed by atoms with Gasteiger partial charge in [0.1, 0.15) is 23.7 Å². The zero-order valence-electron chi connectivity index (χ0n) is 18.5. The molecule has 0 aliphatic carbocycles. The molecule has 1 aromatic carbocycles. The Kier molecular flexibility index (Phi) is 7.00. The van der Waals surface area contributed by atoms with Gasteiger partial charge in [0.2, 0.25) is 0 Å².